The quantitative estimate of drug-likeness (QED) is 0.867. The van der Waals surface area contributed by atoms with Gasteiger partial charge in [0.05, 0.1) is 22.5 Å². The Kier molecular flexibility index (Phi) is 4.80. The van der Waals surface area contributed by atoms with Gasteiger partial charge in [0.25, 0.3) is 0 Å². The van der Waals surface area contributed by atoms with Crippen LogP contribution in [0.5, 0.6) is 0 Å². The highest BCUT2D eigenvalue weighted by Crippen LogP contribution is 2.23. The van der Waals surface area contributed by atoms with Gasteiger partial charge in [0.1, 0.15) is 0 Å². The first-order valence-electron chi connectivity index (χ1n) is 6.65. The Morgan fingerprint density at radius 1 is 0.913 bits per heavy atom. The minimum absolute atomic E-state index is 0.0671. The number of anilines is 1. The van der Waals surface area contributed by atoms with Crippen molar-refractivity contribution in [2.45, 2.75) is 16.7 Å². The van der Waals surface area contributed by atoms with Crippen molar-refractivity contribution in [1.29, 1.82) is 0 Å². The van der Waals surface area contributed by atoms with Gasteiger partial charge in [-0.25, -0.2) is 13.2 Å². The molecule has 23 heavy (non-hydrogen) atoms. The fourth-order valence-corrected chi connectivity index (χ4v) is 3.21. The van der Waals surface area contributed by atoms with E-state index < -0.39 is 15.8 Å². The van der Waals surface area contributed by atoms with Crippen LogP contribution in [0.4, 0.5) is 5.69 Å². The van der Waals surface area contributed by atoms with Crippen LogP contribution in [0.3, 0.4) is 0 Å². The molecule has 2 aromatic carbocycles. The van der Waals surface area contributed by atoms with Crippen LogP contribution >= 0.6 is 0 Å². The molecule has 6 nitrogen and oxygen atoms in total. The molecule has 0 saturated heterocycles. The van der Waals surface area contributed by atoms with Gasteiger partial charge in [-0.15, -0.1) is 0 Å². The normalized spacial score (nSPS) is 10.9. The lowest BCUT2D eigenvalue weighted by Crippen LogP contribution is -2.07. The lowest BCUT2D eigenvalue weighted by atomic mass is 10.2. The molecule has 0 atom stereocenters. The smallest absolute Gasteiger partial charge is 0.337 e. The topological polar surface area (TPSA) is 89.5 Å². The molecule has 1 N–H and O–H groups in total. The monoisotopic (exact) mass is 333 g/mol. The van der Waals surface area contributed by atoms with Crippen LogP contribution in [-0.4, -0.2) is 27.4 Å². The molecule has 0 bridgehead atoms. The Balaban J connectivity index is 2.30. The average Bonchev–Trinajstić information content (AvgIpc) is 2.54. The Bertz CT molecular complexity index is 824. The molecule has 0 unspecified atom stereocenters. The fourth-order valence-electron chi connectivity index (χ4n) is 1.94. The number of sulfone groups is 1. The second-order valence-corrected chi connectivity index (χ2v) is 6.67. The Morgan fingerprint density at radius 2 is 1.39 bits per heavy atom. The van der Waals surface area contributed by atoms with Crippen LogP contribution in [-0.2, 0) is 19.4 Å². The summed E-state index contributed by atoms with van der Waals surface area (Å²) in [5.74, 6) is -0.771. The molecule has 0 spiro atoms. The molecule has 0 fully saturated rings. The number of nitrogens with one attached hydrogen (secondary N) is 1. The highest BCUT2D eigenvalue weighted by Gasteiger charge is 2.18. The Labute approximate surface area is 134 Å². The standard InChI is InChI=1S/C16H15NO5S/c1-11(18)17-13-5-9-15(10-6-13)23(20,21)14-7-3-12(4-8-14)16(19)22-2/h3-10H,1-2H3,(H,17,18). The first-order chi connectivity index (χ1) is 10.8. The van der Waals surface area contributed by atoms with E-state index in [4.69, 9.17) is 0 Å². The summed E-state index contributed by atoms with van der Waals surface area (Å²) in [5, 5.41) is 2.56. The molecule has 0 aliphatic rings. The van der Waals surface area contributed by atoms with Crippen LogP contribution in [0.15, 0.2) is 58.3 Å². The van der Waals surface area contributed by atoms with Crippen molar-refractivity contribution in [3.8, 4) is 0 Å². The van der Waals surface area contributed by atoms with Crippen molar-refractivity contribution in [3.63, 3.8) is 0 Å². The summed E-state index contributed by atoms with van der Waals surface area (Å²) >= 11 is 0. The van der Waals surface area contributed by atoms with E-state index in [1.807, 2.05) is 0 Å². The van der Waals surface area contributed by atoms with Gasteiger partial charge in [-0.1, -0.05) is 0 Å². The summed E-state index contributed by atoms with van der Waals surface area (Å²) < 4.78 is 29.6. The SMILES string of the molecule is COC(=O)c1ccc(S(=O)(=O)c2ccc(NC(C)=O)cc2)cc1. The third kappa shape index (κ3) is 3.75. The summed E-state index contributed by atoms with van der Waals surface area (Å²) in [6.45, 7) is 1.37. The number of carbonyl (C=O) groups is 2. The van der Waals surface area contributed by atoms with E-state index in [1.54, 1.807) is 0 Å². The first-order valence-corrected chi connectivity index (χ1v) is 8.14. The molecule has 2 aromatic rings. The second kappa shape index (κ2) is 6.62. The number of carbonyl (C=O) groups excluding carboxylic acids is 2. The number of methoxy groups -OCH3 is 1. The van der Waals surface area contributed by atoms with Gasteiger partial charge in [0.15, 0.2) is 0 Å². The van der Waals surface area contributed by atoms with E-state index in [0.717, 1.165) is 0 Å². The zero-order valence-corrected chi connectivity index (χ0v) is 13.4. The van der Waals surface area contributed by atoms with Crippen molar-refractivity contribution in [1.82, 2.24) is 0 Å². The second-order valence-electron chi connectivity index (χ2n) is 4.72. The van der Waals surface area contributed by atoms with Gasteiger partial charge in [-0.3, -0.25) is 4.79 Å². The maximum atomic E-state index is 12.5. The summed E-state index contributed by atoms with van der Waals surface area (Å²) in [6.07, 6.45) is 0. The van der Waals surface area contributed by atoms with Crippen LogP contribution in [0.25, 0.3) is 0 Å². The summed E-state index contributed by atoms with van der Waals surface area (Å²) in [7, 11) is -2.44. The van der Waals surface area contributed by atoms with Gasteiger partial charge in [-0.2, -0.15) is 0 Å². The van der Waals surface area contributed by atoms with Gasteiger partial charge < -0.3 is 10.1 Å². The van der Waals surface area contributed by atoms with Gasteiger partial charge in [0.2, 0.25) is 15.7 Å². The number of benzene rings is 2. The molecule has 120 valence electrons. The molecule has 0 aliphatic heterocycles. The highest BCUT2D eigenvalue weighted by molar-refractivity contribution is 7.91. The zero-order chi connectivity index (χ0) is 17.0. The van der Waals surface area contributed by atoms with E-state index in [2.05, 4.69) is 10.1 Å². The summed E-state index contributed by atoms with van der Waals surface area (Å²) in [6, 6.07) is 11.3. The number of hydrogen-bond acceptors (Lipinski definition) is 5. The van der Waals surface area contributed by atoms with Crippen molar-refractivity contribution < 1.29 is 22.7 Å². The number of rotatable bonds is 4. The number of ether oxygens (including phenoxy) is 1. The Morgan fingerprint density at radius 3 is 1.83 bits per heavy atom. The summed E-state index contributed by atoms with van der Waals surface area (Å²) in [5.41, 5.74) is 0.782. The lowest BCUT2D eigenvalue weighted by molar-refractivity contribution is -0.114. The van der Waals surface area contributed by atoms with E-state index >= 15 is 0 Å². The number of esters is 1. The summed E-state index contributed by atoms with van der Waals surface area (Å²) in [4.78, 5) is 22.5. The van der Waals surface area contributed by atoms with Crippen LogP contribution in [0.2, 0.25) is 0 Å². The van der Waals surface area contributed by atoms with Crippen molar-refractivity contribution in [2.75, 3.05) is 12.4 Å². The van der Waals surface area contributed by atoms with Crippen molar-refractivity contribution >= 4 is 27.4 Å². The fraction of sp³-hybridized carbons (Fsp3) is 0.125. The van der Waals surface area contributed by atoms with Crippen LogP contribution < -0.4 is 5.32 Å². The van der Waals surface area contributed by atoms with Gasteiger partial charge in [-0.05, 0) is 48.5 Å². The number of hydrogen-bond donors (Lipinski definition) is 1. The van der Waals surface area contributed by atoms with E-state index in [9.17, 15) is 18.0 Å². The molecule has 0 radical (unpaired) electrons. The van der Waals surface area contributed by atoms with Gasteiger partial charge in [0, 0.05) is 12.6 Å². The molecule has 0 aliphatic carbocycles. The molecule has 0 aromatic heterocycles. The van der Waals surface area contributed by atoms with Crippen LogP contribution in [0.1, 0.15) is 17.3 Å². The van der Waals surface area contributed by atoms with E-state index in [-0.39, 0.29) is 21.3 Å². The zero-order valence-electron chi connectivity index (χ0n) is 12.6. The largest absolute Gasteiger partial charge is 0.465 e. The van der Waals surface area contributed by atoms with E-state index in [0.29, 0.717) is 5.69 Å². The van der Waals surface area contributed by atoms with Crippen molar-refractivity contribution in [2.24, 2.45) is 0 Å². The molecule has 7 heteroatoms. The average molecular weight is 333 g/mol. The third-order valence-electron chi connectivity index (χ3n) is 3.07. The number of amides is 1. The third-order valence-corrected chi connectivity index (χ3v) is 4.86. The maximum absolute atomic E-state index is 12.5. The van der Waals surface area contributed by atoms with Gasteiger partial charge >= 0.3 is 5.97 Å². The molecule has 0 saturated carbocycles. The maximum Gasteiger partial charge on any atom is 0.337 e. The molecular formula is C16H15NO5S. The highest BCUT2D eigenvalue weighted by atomic mass is 32.2. The predicted molar refractivity (Wildman–Crippen MR) is 84.0 cm³/mol. The Hall–Kier alpha value is -2.67. The minimum Gasteiger partial charge on any atom is -0.465 e. The molecular weight excluding hydrogens is 318 g/mol. The van der Waals surface area contributed by atoms with Crippen molar-refractivity contribution in [3.05, 3.63) is 54.1 Å². The first kappa shape index (κ1) is 16.7. The predicted octanol–water partition coefficient (Wildman–Crippen LogP) is 2.26. The van der Waals surface area contributed by atoms with Crippen LogP contribution in [0, 0.1) is 0 Å². The minimum atomic E-state index is -3.70. The molecule has 2 rings (SSSR count). The molecule has 1 amide bonds. The molecule has 0 heterocycles. The lowest BCUT2D eigenvalue weighted by Gasteiger charge is -2.07. The van der Waals surface area contributed by atoms with E-state index in [1.165, 1.54) is 62.6 Å².